The van der Waals surface area contributed by atoms with Crippen molar-refractivity contribution in [1.82, 2.24) is 10.2 Å². The van der Waals surface area contributed by atoms with E-state index < -0.39 is 12.0 Å². The molecule has 2 atom stereocenters. The van der Waals surface area contributed by atoms with Gasteiger partial charge in [0, 0.05) is 12.6 Å². The zero-order valence-electron chi connectivity index (χ0n) is 12.4. The van der Waals surface area contributed by atoms with E-state index in [9.17, 15) is 9.90 Å². The minimum absolute atomic E-state index is 0.446. The van der Waals surface area contributed by atoms with E-state index in [1.54, 1.807) is 0 Å². The lowest BCUT2D eigenvalue weighted by Crippen LogP contribution is -2.49. The summed E-state index contributed by atoms with van der Waals surface area (Å²) in [4.78, 5) is 13.5. The molecule has 0 aliphatic rings. The number of aliphatic carboxylic acids is 1. The van der Waals surface area contributed by atoms with Crippen LogP contribution in [0.4, 0.5) is 0 Å². The van der Waals surface area contributed by atoms with Gasteiger partial charge in [-0.2, -0.15) is 0 Å². The number of rotatable bonds is 11. The minimum Gasteiger partial charge on any atom is -0.480 e. The summed E-state index contributed by atoms with van der Waals surface area (Å²) in [7, 11) is 0. The molecule has 0 aliphatic heterocycles. The van der Waals surface area contributed by atoms with E-state index >= 15 is 0 Å². The minimum atomic E-state index is -0.742. The number of hydrogen-bond acceptors (Lipinski definition) is 3. The summed E-state index contributed by atoms with van der Waals surface area (Å²) in [5, 5.41) is 12.4. The third-order valence-electron chi connectivity index (χ3n) is 3.37. The Bertz CT molecular complexity index is 222. The molecule has 0 bridgehead atoms. The molecule has 0 saturated carbocycles. The van der Waals surface area contributed by atoms with Gasteiger partial charge in [0.05, 0.1) is 0 Å². The summed E-state index contributed by atoms with van der Waals surface area (Å²) in [6.45, 7) is 10.9. The number of carboxylic acid groups (broad SMARTS) is 1. The Kier molecular flexibility index (Phi) is 9.98. The number of carbonyl (C=O) groups is 1. The number of unbranched alkanes of at least 4 members (excludes halogenated alkanes) is 1. The molecule has 108 valence electrons. The van der Waals surface area contributed by atoms with Crippen LogP contribution in [0, 0.1) is 0 Å². The summed E-state index contributed by atoms with van der Waals surface area (Å²) in [5.74, 6) is -0.742. The summed E-state index contributed by atoms with van der Waals surface area (Å²) in [5.41, 5.74) is 0. The maximum Gasteiger partial charge on any atom is 0.322 e. The molecule has 4 nitrogen and oxygen atoms in total. The van der Waals surface area contributed by atoms with E-state index in [0.29, 0.717) is 12.6 Å². The molecular formula is C14H30N2O2. The molecule has 2 unspecified atom stereocenters. The molecule has 4 heteroatoms. The van der Waals surface area contributed by atoms with Gasteiger partial charge in [0.15, 0.2) is 0 Å². The molecule has 0 amide bonds. The Balaban J connectivity index is 4.42. The van der Waals surface area contributed by atoms with Crippen molar-refractivity contribution >= 4 is 5.97 Å². The maximum absolute atomic E-state index is 11.2. The van der Waals surface area contributed by atoms with Crippen LogP contribution in [-0.4, -0.2) is 47.7 Å². The zero-order valence-corrected chi connectivity index (χ0v) is 12.4. The first-order chi connectivity index (χ1) is 8.56. The highest BCUT2D eigenvalue weighted by atomic mass is 16.4. The molecule has 18 heavy (non-hydrogen) atoms. The molecular weight excluding hydrogens is 228 g/mol. The second-order valence-electron chi connectivity index (χ2n) is 4.95. The van der Waals surface area contributed by atoms with Crippen LogP contribution in [0.25, 0.3) is 0 Å². The van der Waals surface area contributed by atoms with Gasteiger partial charge in [-0.3, -0.25) is 9.69 Å². The predicted octanol–water partition coefficient (Wildman–Crippen LogP) is 2.34. The smallest absolute Gasteiger partial charge is 0.322 e. The van der Waals surface area contributed by atoms with Gasteiger partial charge < -0.3 is 10.4 Å². The number of nitrogens with zero attached hydrogens (tertiary/aromatic N) is 1. The van der Waals surface area contributed by atoms with Crippen molar-refractivity contribution in [2.24, 2.45) is 0 Å². The monoisotopic (exact) mass is 258 g/mol. The zero-order chi connectivity index (χ0) is 14.0. The normalized spacial score (nSPS) is 14.7. The molecule has 0 radical (unpaired) electrons. The van der Waals surface area contributed by atoms with Crippen LogP contribution in [0.3, 0.4) is 0 Å². The molecule has 2 N–H and O–H groups in total. The van der Waals surface area contributed by atoms with Crippen LogP contribution in [0.2, 0.25) is 0 Å². The van der Waals surface area contributed by atoms with Crippen molar-refractivity contribution in [2.75, 3.05) is 19.6 Å². The highest BCUT2D eigenvalue weighted by Crippen LogP contribution is 2.07. The van der Waals surface area contributed by atoms with Gasteiger partial charge >= 0.3 is 5.97 Å². The first-order valence-electron chi connectivity index (χ1n) is 7.26. The Morgan fingerprint density at radius 3 is 2.39 bits per heavy atom. The van der Waals surface area contributed by atoms with Crippen LogP contribution >= 0.6 is 0 Å². The molecule has 0 aromatic rings. The Labute approximate surface area is 112 Å². The summed E-state index contributed by atoms with van der Waals surface area (Å²) >= 11 is 0. The van der Waals surface area contributed by atoms with Crippen molar-refractivity contribution in [3.05, 3.63) is 0 Å². The van der Waals surface area contributed by atoms with Gasteiger partial charge in [-0.15, -0.1) is 0 Å². The third-order valence-corrected chi connectivity index (χ3v) is 3.37. The number of carboxylic acids is 1. The van der Waals surface area contributed by atoms with E-state index in [-0.39, 0.29) is 0 Å². The van der Waals surface area contributed by atoms with Crippen LogP contribution in [0.15, 0.2) is 0 Å². The Morgan fingerprint density at radius 1 is 1.28 bits per heavy atom. The molecule has 0 saturated heterocycles. The van der Waals surface area contributed by atoms with Crippen molar-refractivity contribution in [2.45, 2.75) is 65.5 Å². The van der Waals surface area contributed by atoms with Crippen molar-refractivity contribution in [3.8, 4) is 0 Å². The van der Waals surface area contributed by atoms with Gasteiger partial charge in [-0.25, -0.2) is 0 Å². The highest BCUT2D eigenvalue weighted by molar-refractivity contribution is 5.73. The van der Waals surface area contributed by atoms with E-state index in [1.165, 1.54) is 0 Å². The van der Waals surface area contributed by atoms with Gasteiger partial charge in [-0.05, 0) is 39.3 Å². The summed E-state index contributed by atoms with van der Waals surface area (Å²) in [6, 6.07) is -0.00219. The Morgan fingerprint density at radius 2 is 1.94 bits per heavy atom. The molecule has 0 fully saturated rings. The Hall–Kier alpha value is -0.610. The lowest BCUT2D eigenvalue weighted by Gasteiger charge is -2.31. The lowest BCUT2D eigenvalue weighted by molar-refractivity contribution is -0.140. The average Bonchev–Trinajstić information content (AvgIpc) is 2.36. The number of nitrogens with one attached hydrogen (secondary N) is 1. The highest BCUT2D eigenvalue weighted by Gasteiger charge is 2.22. The molecule has 0 rings (SSSR count). The molecule has 0 aromatic carbocycles. The SMILES string of the molecule is CCCCN(CC(NCCC)C(=O)O)C(C)CC. The molecule has 0 spiro atoms. The molecule has 0 aromatic heterocycles. The topological polar surface area (TPSA) is 52.6 Å². The van der Waals surface area contributed by atoms with Gasteiger partial charge in [-0.1, -0.05) is 27.2 Å². The van der Waals surface area contributed by atoms with Crippen molar-refractivity contribution < 1.29 is 9.90 Å². The quantitative estimate of drug-likeness (QED) is 0.597. The van der Waals surface area contributed by atoms with E-state index in [1.807, 2.05) is 0 Å². The van der Waals surface area contributed by atoms with Crippen molar-refractivity contribution in [1.29, 1.82) is 0 Å². The first-order valence-corrected chi connectivity index (χ1v) is 7.26. The number of hydrogen-bond donors (Lipinski definition) is 2. The standard InChI is InChI=1S/C14H30N2O2/c1-5-8-10-16(12(4)7-3)11-13(14(17)18)15-9-6-2/h12-13,15H,5-11H2,1-4H3,(H,17,18). The fourth-order valence-electron chi connectivity index (χ4n) is 1.89. The second kappa shape index (κ2) is 10.3. The fraction of sp³-hybridized carbons (Fsp3) is 0.929. The van der Waals surface area contributed by atoms with E-state index in [2.05, 4.69) is 37.9 Å². The third kappa shape index (κ3) is 6.97. The fourth-order valence-corrected chi connectivity index (χ4v) is 1.89. The molecule has 0 aliphatic carbocycles. The van der Waals surface area contributed by atoms with Gasteiger partial charge in [0.1, 0.15) is 6.04 Å². The first kappa shape index (κ1) is 17.4. The van der Waals surface area contributed by atoms with Gasteiger partial charge in [0.2, 0.25) is 0 Å². The van der Waals surface area contributed by atoms with E-state index in [0.717, 1.165) is 38.8 Å². The predicted molar refractivity (Wildman–Crippen MR) is 76.0 cm³/mol. The maximum atomic E-state index is 11.2. The van der Waals surface area contributed by atoms with Crippen molar-refractivity contribution in [3.63, 3.8) is 0 Å². The van der Waals surface area contributed by atoms with Crippen LogP contribution in [0.1, 0.15) is 53.4 Å². The summed E-state index contributed by atoms with van der Waals surface area (Å²) in [6.07, 6.45) is 4.30. The largest absolute Gasteiger partial charge is 0.480 e. The van der Waals surface area contributed by atoms with Gasteiger partial charge in [0.25, 0.3) is 0 Å². The molecule has 0 heterocycles. The second-order valence-corrected chi connectivity index (χ2v) is 4.95. The average molecular weight is 258 g/mol. The van der Waals surface area contributed by atoms with E-state index in [4.69, 9.17) is 0 Å². The summed E-state index contributed by atoms with van der Waals surface area (Å²) < 4.78 is 0. The van der Waals surface area contributed by atoms with Crippen LogP contribution < -0.4 is 5.32 Å². The van der Waals surface area contributed by atoms with Crippen LogP contribution in [-0.2, 0) is 4.79 Å². The lowest BCUT2D eigenvalue weighted by atomic mass is 10.1. The van der Waals surface area contributed by atoms with Crippen LogP contribution in [0.5, 0.6) is 0 Å².